The Bertz CT molecular complexity index is 1370. The summed E-state index contributed by atoms with van der Waals surface area (Å²) in [5.74, 6) is 1.76. The maximum absolute atomic E-state index is 9.58. The molecule has 0 unspecified atom stereocenters. The molecule has 0 aliphatic heterocycles. The zero-order valence-corrected chi connectivity index (χ0v) is 20.3. The summed E-state index contributed by atoms with van der Waals surface area (Å²) in [4.78, 5) is 17.3. The van der Waals surface area contributed by atoms with Crippen molar-refractivity contribution in [2.45, 2.75) is 6.61 Å². The highest BCUT2D eigenvalue weighted by Crippen LogP contribution is 2.36. The highest BCUT2D eigenvalue weighted by Gasteiger charge is 2.15. The van der Waals surface area contributed by atoms with E-state index >= 15 is 0 Å². The van der Waals surface area contributed by atoms with Gasteiger partial charge in [-0.15, -0.1) is 11.6 Å². The number of ether oxygens (including phenoxy) is 2. The number of benzene rings is 2. The van der Waals surface area contributed by atoms with Crippen LogP contribution in [0, 0.1) is 11.3 Å². The zero-order valence-electron chi connectivity index (χ0n) is 18.0. The molecular weight excluding hydrogens is 495 g/mol. The number of nitrogens with one attached hydrogen (secondary N) is 1. The minimum absolute atomic E-state index is 0.249. The first kappa shape index (κ1) is 23.8. The number of halogens is 2. The van der Waals surface area contributed by atoms with E-state index in [0.29, 0.717) is 44.8 Å². The van der Waals surface area contributed by atoms with Crippen molar-refractivity contribution in [1.29, 1.82) is 5.26 Å². The summed E-state index contributed by atoms with van der Waals surface area (Å²) in [5.41, 5.74) is 3.05. The number of aromatic nitrogens is 4. The molecule has 172 valence electrons. The second-order valence-corrected chi connectivity index (χ2v) is 8.25. The van der Waals surface area contributed by atoms with E-state index in [1.807, 2.05) is 24.5 Å². The maximum Gasteiger partial charge on any atom is 0.233 e. The van der Waals surface area contributed by atoms with Gasteiger partial charge >= 0.3 is 0 Å². The highest BCUT2D eigenvalue weighted by molar-refractivity contribution is 7.99. The standard InChI is InChI=1S/C23H18Cl2N6O2S/c1-34-31-23-27-6-4-16(30-23)12-33-17-2-3-18-20(10-17)28-13-29-21(18)14-8-15(11-26)22(19(25)9-14)32-7-5-24/h2-4,6,8-10,13H,5,7,12H2,1H3,(H,27,30,31). The summed E-state index contributed by atoms with van der Waals surface area (Å²) in [6.45, 7) is 0.527. The summed E-state index contributed by atoms with van der Waals surface area (Å²) < 4.78 is 14.4. The summed E-state index contributed by atoms with van der Waals surface area (Å²) in [6.07, 6.45) is 5.04. The molecule has 8 nitrogen and oxygen atoms in total. The van der Waals surface area contributed by atoms with Crippen LogP contribution in [0.1, 0.15) is 11.3 Å². The van der Waals surface area contributed by atoms with E-state index in [-0.39, 0.29) is 19.1 Å². The van der Waals surface area contributed by atoms with Gasteiger partial charge in [-0.05, 0) is 30.3 Å². The van der Waals surface area contributed by atoms with Gasteiger partial charge in [-0.2, -0.15) is 5.26 Å². The molecule has 0 amide bonds. The molecule has 2 aromatic carbocycles. The van der Waals surface area contributed by atoms with E-state index < -0.39 is 0 Å². The van der Waals surface area contributed by atoms with Crippen molar-refractivity contribution in [3.05, 3.63) is 65.2 Å². The monoisotopic (exact) mass is 512 g/mol. The van der Waals surface area contributed by atoms with Gasteiger partial charge in [0.2, 0.25) is 5.95 Å². The molecule has 2 aromatic heterocycles. The first-order valence-corrected chi connectivity index (χ1v) is 12.2. The predicted octanol–water partition coefficient (Wildman–Crippen LogP) is 5.50. The van der Waals surface area contributed by atoms with Gasteiger partial charge in [0, 0.05) is 29.5 Å². The van der Waals surface area contributed by atoms with Gasteiger partial charge in [-0.1, -0.05) is 23.5 Å². The third-order valence-corrected chi connectivity index (χ3v) is 5.48. The molecule has 0 aliphatic rings. The number of fused-ring (bicyclic) bond motifs is 1. The van der Waals surface area contributed by atoms with Crippen LogP contribution in [0.25, 0.3) is 22.2 Å². The number of anilines is 1. The second-order valence-electron chi connectivity index (χ2n) is 6.85. The Hall–Kier alpha value is -3.32. The van der Waals surface area contributed by atoms with Gasteiger partial charge in [0.1, 0.15) is 31.4 Å². The van der Waals surface area contributed by atoms with E-state index in [4.69, 9.17) is 32.7 Å². The van der Waals surface area contributed by atoms with Crippen LogP contribution in [0.5, 0.6) is 11.5 Å². The van der Waals surface area contributed by atoms with Gasteiger partial charge in [0.15, 0.2) is 5.75 Å². The largest absolute Gasteiger partial charge is 0.489 e. The van der Waals surface area contributed by atoms with E-state index in [0.717, 1.165) is 11.1 Å². The molecule has 0 aliphatic carbocycles. The number of nitriles is 1. The minimum atomic E-state index is 0.249. The third-order valence-electron chi connectivity index (χ3n) is 4.66. The molecule has 0 bridgehead atoms. The summed E-state index contributed by atoms with van der Waals surface area (Å²) in [6, 6.07) is 12.9. The van der Waals surface area contributed by atoms with Crippen LogP contribution in [0.2, 0.25) is 5.02 Å². The lowest BCUT2D eigenvalue weighted by molar-refractivity contribution is 0.301. The van der Waals surface area contributed by atoms with Crippen molar-refractivity contribution in [3.8, 4) is 28.8 Å². The number of nitrogens with zero attached hydrogens (tertiary/aromatic N) is 5. The van der Waals surface area contributed by atoms with Crippen LogP contribution in [0.15, 0.2) is 48.9 Å². The Labute approximate surface area is 210 Å². The van der Waals surface area contributed by atoms with Crippen LogP contribution in [-0.2, 0) is 6.61 Å². The van der Waals surface area contributed by atoms with Crippen molar-refractivity contribution in [3.63, 3.8) is 0 Å². The van der Waals surface area contributed by atoms with Gasteiger partial charge in [-0.3, -0.25) is 4.72 Å². The second kappa shape index (κ2) is 11.2. The Balaban J connectivity index is 1.61. The predicted molar refractivity (Wildman–Crippen MR) is 134 cm³/mol. The van der Waals surface area contributed by atoms with E-state index in [9.17, 15) is 5.26 Å². The molecule has 0 radical (unpaired) electrons. The molecule has 0 fully saturated rings. The number of rotatable bonds is 9. The summed E-state index contributed by atoms with van der Waals surface area (Å²) in [7, 11) is 0. The topological polar surface area (TPSA) is 106 Å². The van der Waals surface area contributed by atoms with Crippen LogP contribution >= 0.6 is 35.1 Å². The number of hydrogen-bond donors (Lipinski definition) is 1. The highest BCUT2D eigenvalue weighted by atomic mass is 35.5. The maximum atomic E-state index is 9.58. The van der Waals surface area contributed by atoms with Crippen molar-refractivity contribution in [2.24, 2.45) is 0 Å². The van der Waals surface area contributed by atoms with Crippen LogP contribution < -0.4 is 14.2 Å². The Kier molecular flexibility index (Phi) is 7.85. The van der Waals surface area contributed by atoms with Gasteiger partial charge in [0.25, 0.3) is 0 Å². The number of alkyl halides is 1. The Morgan fingerprint density at radius 1 is 1.12 bits per heavy atom. The van der Waals surface area contributed by atoms with Crippen molar-refractivity contribution >= 4 is 52.0 Å². The lowest BCUT2D eigenvalue weighted by Crippen LogP contribution is -2.02. The van der Waals surface area contributed by atoms with Crippen LogP contribution in [0.4, 0.5) is 5.95 Å². The van der Waals surface area contributed by atoms with Gasteiger partial charge < -0.3 is 9.47 Å². The molecule has 0 atom stereocenters. The summed E-state index contributed by atoms with van der Waals surface area (Å²) >= 11 is 13.5. The molecule has 11 heteroatoms. The van der Waals surface area contributed by atoms with Crippen LogP contribution in [0.3, 0.4) is 0 Å². The molecule has 34 heavy (non-hydrogen) atoms. The molecule has 0 saturated heterocycles. The average molecular weight is 513 g/mol. The average Bonchev–Trinajstić information content (AvgIpc) is 2.86. The van der Waals surface area contributed by atoms with Crippen molar-refractivity contribution in [2.75, 3.05) is 23.5 Å². The molecule has 4 rings (SSSR count). The first-order valence-electron chi connectivity index (χ1n) is 10.0. The van der Waals surface area contributed by atoms with E-state index in [1.54, 1.807) is 24.4 Å². The first-order chi connectivity index (χ1) is 16.6. The number of hydrogen-bond acceptors (Lipinski definition) is 9. The van der Waals surface area contributed by atoms with Gasteiger partial charge in [0.05, 0.1) is 33.4 Å². The third kappa shape index (κ3) is 5.42. The molecule has 1 N–H and O–H groups in total. The molecule has 0 spiro atoms. The lowest BCUT2D eigenvalue weighted by atomic mass is 10.0. The quantitative estimate of drug-likeness (QED) is 0.229. The lowest BCUT2D eigenvalue weighted by Gasteiger charge is -2.12. The SMILES string of the molecule is CSNc1nccc(COc2ccc3c(-c4cc(Cl)c(OCCCl)c(C#N)c4)ncnc3c2)n1. The van der Waals surface area contributed by atoms with Crippen LogP contribution in [-0.4, -0.2) is 38.7 Å². The molecule has 4 aromatic rings. The zero-order chi connectivity index (χ0) is 23.9. The minimum Gasteiger partial charge on any atom is -0.489 e. The smallest absolute Gasteiger partial charge is 0.233 e. The molecule has 2 heterocycles. The normalized spacial score (nSPS) is 10.6. The Morgan fingerprint density at radius 3 is 2.79 bits per heavy atom. The molecule has 0 saturated carbocycles. The fourth-order valence-electron chi connectivity index (χ4n) is 3.23. The van der Waals surface area contributed by atoms with E-state index in [1.165, 1.54) is 18.3 Å². The van der Waals surface area contributed by atoms with Crippen molar-refractivity contribution in [1.82, 2.24) is 19.9 Å². The fraction of sp³-hybridized carbons (Fsp3) is 0.174. The summed E-state index contributed by atoms with van der Waals surface area (Å²) in [5, 5.41) is 10.7. The fourth-order valence-corrected chi connectivity index (χ4v) is 3.86. The molecular formula is C23H18Cl2N6O2S. The Morgan fingerprint density at radius 2 is 2.00 bits per heavy atom. The van der Waals surface area contributed by atoms with Crippen molar-refractivity contribution < 1.29 is 9.47 Å². The van der Waals surface area contributed by atoms with Gasteiger partial charge in [-0.25, -0.2) is 19.9 Å². The van der Waals surface area contributed by atoms with E-state index in [2.05, 4.69) is 30.7 Å².